The van der Waals surface area contributed by atoms with Gasteiger partial charge >= 0.3 is 6.18 Å². The van der Waals surface area contributed by atoms with E-state index < -0.39 is 29.0 Å². The second kappa shape index (κ2) is 5.69. The Bertz CT molecular complexity index is 447. The number of halogens is 5. The van der Waals surface area contributed by atoms with Crippen molar-refractivity contribution in [2.75, 3.05) is 5.33 Å². The van der Waals surface area contributed by atoms with E-state index >= 15 is 0 Å². The molecule has 1 aromatic carbocycles. The van der Waals surface area contributed by atoms with Crippen molar-refractivity contribution in [1.29, 1.82) is 0 Å². The Morgan fingerprint density at radius 1 is 1.44 bits per heavy atom. The van der Waals surface area contributed by atoms with E-state index in [1.54, 1.807) is 6.92 Å². The Hall–Kier alpha value is -1.11. The van der Waals surface area contributed by atoms with E-state index in [0.717, 1.165) is 12.1 Å². The normalized spacial score (nSPS) is 13.2. The Morgan fingerprint density at radius 3 is 2.56 bits per heavy atom. The number of carbonyl (C=O) groups excluding carboxylic acids is 1. The average molecular weight is 328 g/mol. The van der Waals surface area contributed by atoms with Crippen LogP contribution in [0, 0.1) is 5.82 Å². The van der Waals surface area contributed by atoms with Gasteiger partial charge in [-0.3, -0.25) is 4.79 Å². The van der Waals surface area contributed by atoms with Crippen molar-refractivity contribution in [2.45, 2.75) is 19.1 Å². The van der Waals surface area contributed by atoms with Gasteiger partial charge in [0.2, 0.25) is 0 Å². The van der Waals surface area contributed by atoms with Crippen LogP contribution in [0.1, 0.15) is 22.8 Å². The highest BCUT2D eigenvalue weighted by Crippen LogP contribution is 2.32. The molecular weight excluding hydrogens is 318 g/mol. The molecular formula is C11H10BrF4NO. The lowest BCUT2D eigenvalue weighted by atomic mass is 10.1. The first-order chi connectivity index (χ1) is 8.27. The van der Waals surface area contributed by atoms with Crippen molar-refractivity contribution >= 4 is 21.8 Å². The molecule has 1 rings (SSSR count). The largest absolute Gasteiger partial charge is 0.419 e. The maximum Gasteiger partial charge on any atom is 0.419 e. The van der Waals surface area contributed by atoms with E-state index in [2.05, 4.69) is 21.2 Å². The van der Waals surface area contributed by atoms with Crippen molar-refractivity contribution in [1.82, 2.24) is 5.32 Å². The van der Waals surface area contributed by atoms with Crippen molar-refractivity contribution < 1.29 is 22.4 Å². The minimum Gasteiger partial charge on any atom is -0.349 e. The van der Waals surface area contributed by atoms with Crippen LogP contribution < -0.4 is 5.32 Å². The molecule has 1 atom stereocenters. The summed E-state index contributed by atoms with van der Waals surface area (Å²) in [5, 5.41) is 2.79. The fourth-order valence-electron chi connectivity index (χ4n) is 1.27. The molecule has 0 saturated heterocycles. The number of carbonyl (C=O) groups is 1. The van der Waals surface area contributed by atoms with Gasteiger partial charge in [0.05, 0.1) is 11.1 Å². The Kier molecular flexibility index (Phi) is 4.72. The van der Waals surface area contributed by atoms with Crippen molar-refractivity contribution in [3.05, 3.63) is 35.1 Å². The highest BCUT2D eigenvalue weighted by atomic mass is 79.9. The van der Waals surface area contributed by atoms with Gasteiger partial charge in [-0.15, -0.1) is 0 Å². The monoisotopic (exact) mass is 327 g/mol. The van der Waals surface area contributed by atoms with Gasteiger partial charge in [0, 0.05) is 11.4 Å². The lowest BCUT2D eigenvalue weighted by Gasteiger charge is -2.13. The summed E-state index contributed by atoms with van der Waals surface area (Å²) in [4.78, 5) is 11.6. The van der Waals surface area contributed by atoms with Gasteiger partial charge in [-0.1, -0.05) is 22.0 Å². The van der Waals surface area contributed by atoms with E-state index in [1.165, 1.54) is 0 Å². The lowest BCUT2D eigenvalue weighted by Crippen LogP contribution is -2.34. The van der Waals surface area contributed by atoms with Gasteiger partial charge in [0.15, 0.2) is 0 Å². The Morgan fingerprint density at radius 2 is 2.06 bits per heavy atom. The van der Waals surface area contributed by atoms with E-state index in [-0.39, 0.29) is 6.04 Å². The zero-order valence-electron chi connectivity index (χ0n) is 9.31. The van der Waals surface area contributed by atoms with Crippen LogP contribution in [-0.4, -0.2) is 17.3 Å². The van der Waals surface area contributed by atoms with Crippen LogP contribution in [0.5, 0.6) is 0 Å². The third-order valence-corrected chi connectivity index (χ3v) is 3.13. The number of benzene rings is 1. The van der Waals surface area contributed by atoms with Crippen LogP contribution in [0.25, 0.3) is 0 Å². The molecule has 2 nitrogen and oxygen atoms in total. The zero-order chi connectivity index (χ0) is 13.9. The smallest absolute Gasteiger partial charge is 0.349 e. The predicted molar refractivity (Wildman–Crippen MR) is 62.1 cm³/mol. The number of hydrogen-bond acceptors (Lipinski definition) is 1. The molecule has 0 aliphatic heterocycles. The molecule has 0 aliphatic carbocycles. The maximum atomic E-state index is 13.6. The molecule has 0 bridgehead atoms. The van der Waals surface area contributed by atoms with Crippen LogP contribution in [0.4, 0.5) is 17.6 Å². The number of hydrogen-bond donors (Lipinski definition) is 1. The molecule has 100 valence electrons. The Labute approximate surface area is 109 Å². The minimum atomic E-state index is -4.82. The van der Waals surface area contributed by atoms with E-state index in [1.807, 2.05) is 0 Å². The molecule has 1 unspecified atom stereocenters. The number of rotatable bonds is 3. The standard InChI is InChI=1S/C11H10BrF4NO/c1-6(5-12)17-10(18)7-3-2-4-8(9(7)13)11(14,15)16/h2-4,6H,5H2,1H3,(H,17,18). The van der Waals surface area contributed by atoms with Crippen LogP contribution in [-0.2, 0) is 6.18 Å². The first-order valence-corrected chi connectivity index (χ1v) is 6.12. The quantitative estimate of drug-likeness (QED) is 0.669. The molecule has 7 heteroatoms. The zero-order valence-corrected chi connectivity index (χ0v) is 10.9. The van der Waals surface area contributed by atoms with Crippen molar-refractivity contribution in [3.63, 3.8) is 0 Å². The molecule has 0 spiro atoms. The number of amides is 1. The highest BCUT2D eigenvalue weighted by Gasteiger charge is 2.35. The molecule has 0 radical (unpaired) electrons. The summed E-state index contributed by atoms with van der Waals surface area (Å²) in [7, 11) is 0. The van der Waals surface area contributed by atoms with Gasteiger partial charge in [-0.25, -0.2) is 4.39 Å². The molecule has 1 aromatic rings. The SMILES string of the molecule is CC(CBr)NC(=O)c1cccc(C(F)(F)F)c1F. The lowest BCUT2D eigenvalue weighted by molar-refractivity contribution is -0.140. The maximum absolute atomic E-state index is 13.6. The molecule has 0 aliphatic rings. The van der Waals surface area contributed by atoms with E-state index in [4.69, 9.17) is 0 Å². The van der Waals surface area contributed by atoms with E-state index in [0.29, 0.717) is 11.4 Å². The third kappa shape index (κ3) is 3.44. The summed E-state index contributed by atoms with van der Waals surface area (Å²) in [6, 6.07) is 2.30. The predicted octanol–water partition coefficient (Wildman–Crippen LogP) is 3.36. The summed E-state index contributed by atoms with van der Waals surface area (Å²) in [5.74, 6) is -2.42. The fourth-order valence-corrected chi connectivity index (χ4v) is 1.43. The highest BCUT2D eigenvalue weighted by molar-refractivity contribution is 9.09. The topological polar surface area (TPSA) is 29.1 Å². The second-order valence-electron chi connectivity index (χ2n) is 3.69. The Balaban J connectivity index is 3.08. The van der Waals surface area contributed by atoms with Gasteiger partial charge in [-0.05, 0) is 19.1 Å². The summed E-state index contributed by atoms with van der Waals surface area (Å²) >= 11 is 3.09. The van der Waals surface area contributed by atoms with Gasteiger partial charge in [0.1, 0.15) is 5.82 Å². The average Bonchev–Trinajstić information content (AvgIpc) is 2.27. The molecule has 0 heterocycles. The molecule has 0 saturated carbocycles. The summed E-state index contributed by atoms with van der Waals surface area (Å²) in [6.45, 7) is 1.64. The van der Waals surface area contributed by atoms with E-state index in [9.17, 15) is 22.4 Å². The molecule has 0 aromatic heterocycles. The van der Waals surface area contributed by atoms with Gasteiger partial charge < -0.3 is 5.32 Å². The summed E-state index contributed by atoms with van der Waals surface area (Å²) < 4.78 is 50.9. The van der Waals surface area contributed by atoms with Crippen molar-refractivity contribution in [3.8, 4) is 0 Å². The molecule has 1 amide bonds. The first kappa shape index (κ1) is 14.9. The second-order valence-corrected chi connectivity index (χ2v) is 4.34. The van der Waals surface area contributed by atoms with Gasteiger partial charge in [0.25, 0.3) is 5.91 Å². The van der Waals surface area contributed by atoms with Crippen LogP contribution in [0.2, 0.25) is 0 Å². The summed E-state index contributed by atoms with van der Waals surface area (Å²) in [5.41, 5.74) is -2.06. The first-order valence-electron chi connectivity index (χ1n) is 5.00. The number of nitrogens with one attached hydrogen (secondary N) is 1. The minimum absolute atomic E-state index is 0.313. The van der Waals surface area contributed by atoms with Crippen LogP contribution in [0.3, 0.4) is 0 Å². The fraction of sp³-hybridized carbons (Fsp3) is 0.364. The van der Waals surface area contributed by atoms with Crippen LogP contribution in [0.15, 0.2) is 18.2 Å². The van der Waals surface area contributed by atoms with Gasteiger partial charge in [-0.2, -0.15) is 13.2 Å². The van der Waals surface area contributed by atoms with Crippen molar-refractivity contribution in [2.24, 2.45) is 0 Å². The third-order valence-electron chi connectivity index (χ3n) is 2.16. The number of alkyl halides is 4. The molecule has 1 N–H and O–H groups in total. The summed E-state index contributed by atoms with van der Waals surface area (Å²) in [6.07, 6.45) is -4.82. The molecule has 0 fully saturated rings. The van der Waals surface area contributed by atoms with Crippen LogP contribution >= 0.6 is 15.9 Å². The molecule has 18 heavy (non-hydrogen) atoms.